The number of hydrogen-bond donors (Lipinski definition) is 5. The zero-order chi connectivity index (χ0) is 42.9. The van der Waals surface area contributed by atoms with Gasteiger partial charge in [0.15, 0.2) is 6.10 Å². The molecule has 14 heteroatoms. The zero-order valence-electron chi connectivity index (χ0n) is 35.7. The minimum atomic E-state index is -4.68. The second kappa shape index (κ2) is 34.7. The third kappa shape index (κ3) is 28.5. The third-order valence-electron chi connectivity index (χ3n) is 10.5. The predicted molar refractivity (Wildman–Crippen MR) is 225 cm³/mol. The van der Waals surface area contributed by atoms with Crippen LogP contribution in [0.25, 0.3) is 0 Å². The van der Waals surface area contributed by atoms with E-state index in [4.69, 9.17) is 19.1 Å². The second-order valence-corrected chi connectivity index (χ2v) is 17.3. The van der Waals surface area contributed by atoms with Gasteiger partial charge in [0, 0.05) is 31.1 Å². The van der Waals surface area contributed by atoms with Crippen LogP contribution in [0.3, 0.4) is 0 Å². The Morgan fingerprint density at radius 1 is 0.759 bits per heavy atom. The molecular weight excluding hydrogens is 767 g/mol. The van der Waals surface area contributed by atoms with Crippen molar-refractivity contribution in [3.05, 3.63) is 24.3 Å². The average molecular weight is 847 g/mol. The van der Waals surface area contributed by atoms with Gasteiger partial charge < -0.3 is 34.8 Å². The van der Waals surface area contributed by atoms with Gasteiger partial charge in [-0.2, -0.15) is 0 Å². The number of carbonyl (C=O) groups is 3. The summed E-state index contributed by atoms with van der Waals surface area (Å²) in [5, 5.41) is 39.1. The Morgan fingerprint density at radius 2 is 1.31 bits per heavy atom. The molecule has 1 saturated carbocycles. The number of phosphoric ester groups is 1. The van der Waals surface area contributed by atoms with Gasteiger partial charge in [0.2, 0.25) is 0 Å². The molecule has 0 saturated heterocycles. The monoisotopic (exact) mass is 847 g/mol. The summed E-state index contributed by atoms with van der Waals surface area (Å²) in [6, 6.07) is 0. The highest BCUT2D eigenvalue weighted by Gasteiger charge is 2.39. The molecule has 1 rings (SSSR count). The maximum atomic E-state index is 12.7. The van der Waals surface area contributed by atoms with Crippen LogP contribution in [0, 0.1) is 11.8 Å². The summed E-state index contributed by atoms with van der Waals surface area (Å²) in [6.45, 7) is 1.99. The van der Waals surface area contributed by atoms with Crippen molar-refractivity contribution in [2.45, 2.75) is 199 Å². The van der Waals surface area contributed by atoms with E-state index in [1.807, 2.05) is 0 Å². The Labute approximate surface area is 349 Å². The summed E-state index contributed by atoms with van der Waals surface area (Å²) < 4.78 is 32.7. The summed E-state index contributed by atoms with van der Waals surface area (Å²) in [7, 11) is -4.68. The third-order valence-corrected chi connectivity index (χ3v) is 11.4. The lowest BCUT2D eigenvalue weighted by molar-refractivity contribution is -0.161. The van der Waals surface area contributed by atoms with Crippen LogP contribution in [0.4, 0.5) is 0 Å². The van der Waals surface area contributed by atoms with E-state index in [1.54, 1.807) is 12.2 Å². The number of ether oxygens (including phenoxy) is 2. The van der Waals surface area contributed by atoms with Crippen LogP contribution >= 0.6 is 7.82 Å². The SMILES string of the molecule is CCCCCC/C=C\CCCCCCCCCC(=O)OC[C@H](COP(=O)(O)OC[C@@H](O)CO)OC(=O)CCCCCC[C@H]1C(=O)C[C@@H](O)[C@@H]1/C=C/[C@@H](O)CCCCC. The van der Waals surface area contributed by atoms with Crippen LogP contribution < -0.4 is 0 Å². The number of allylic oxidation sites excluding steroid dienone is 2. The largest absolute Gasteiger partial charge is 0.472 e. The number of aliphatic hydroxyl groups is 4. The number of carbonyl (C=O) groups excluding carboxylic acids is 3. The Bertz CT molecular complexity index is 1180. The first-order valence-electron chi connectivity index (χ1n) is 22.4. The van der Waals surface area contributed by atoms with Gasteiger partial charge in [0.1, 0.15) is 18.5 Å². The molecule has 0 spiro atoms. The lowest BCUT2D eigenvalue weighted by atomic mass is 9.88. The second-order valence-electron chi connectivity index (χ2n) is 15.8. The predicted octanol–water partition coefficient (Wildman–Crippen LogP) is 8.37. The molecule has 0 aliphatic heterocycles. The van der Waals surface area contributed by atoms with Crippen LogP contribution in [0.2, 0.25) is 0 Å². The Morgan fingerprint density at radius 3 is 1.95 bits per heavy atom. The molecule has 1 fully saturated rings. The van der Waals surface area contributed by atoms with E-state index in [0.29, 0.717) is 32.1 Å². The first kappa shape index (κ1) is 54.1. The molecule has 1 aliphatic rings. The Kier molecular flexibility index (Phi) is 32.4. The standard InChI is InChI=1S/C44H79O13P/c1-3-5-7-8-9-10-11-12-13-14-15-16-17-18-23-27-43(50)54-34-38(35-56-58(52,53)55-33-37(47)32-45)57-44(51)28-24-20-19-22-26-39-40(42(49)31-41(39)48)30-29-36(46)25-21-6-4-2/h10-11,29-30,36-40,42,45-47,49H,3-9,12-28,31-35H2,1-2H3,(H,52,53)/b11-10-,30-29+/t36-,37-,38+,39+,40+,42+/m0/s1. The lowest BCUT2D eigenvalue weighted by Gasteiger charge is -2.20. The van der Waals surface area contributed by atoms with Crippen LogP contribution in [-0.2, 0) is 37.5 Å². The molecule has 58 heavy (non-hydrogen) atoms. The van der Waals surface area contributed by atoms with Crippen LogP contribution in [0.5, 0.6) is 0 Å². The zero-order valence-corrected chi connectivity index (χ0v) is 36.6. The van der Waals surface area contributed by atoms with Gasteiger partial charge in [0.05, 0.1) is 32.0 Å². The van der Waals surface area contributed by atoms with Gasteiger partial charge in [0.25, 0.3) is 0 Å². The molecule has 0 aromatic rings. The Hall–Kier alpha value is -1.96. The van der Waals surface area contributed by atoms with Crippen molar-refractivity contribution in [2.75, 3.05) is 26.4 Å². The average Bonchev–Trinajstić information content (AvgIpc) is 3.47. The van der Waals surface area contributed by atoms with Crippen molar-refractivity contribution in [3.63, 3.8) is 0 Å². The van der Waals surface area contributed by atoms with E-state index >= 15 is 0 Å². The van der Waals surface area contributed by atoms with E-state index in [9.17, 15) is 39.2 Å². The van der Waals surface area contributed by atoms with Crippen molar-refractivity contribution in [3.8, 4) is 0 Å². The van der Waals surface area contributed by atoms with Crippen molar-refractivity contribution >= 4 is 25.5 Å². The fraction of sp³-hybridized carbons (Fsp3) is 0.841. The molecule has 0 aromatic carbocycles. The van der Waals surface area contributed by atoms with Gasteiger partial charge in [-0.15, -0.1) is 0 Å². The molecule has 0 heterocycles. The van der Waals surface area contributed by atoms with Crippen molar-refractivity contribution in [1.29, 1.82) is 0 Å². The molecule has 0 amide bonds. The molecule has 13 nitrogen and oxygen atoms in total. The normalized spacial score (nSPS) is 19.8. The fourth-order valence-electron chi connectivity index (χ4n) is 6.94. The van der Waals surface area contributed by atoms with E-state index in [2.05, 4.69) is 30.5 Å². The summed E-state index contributed by atoms with van der Waals surface area (Å²) in [5.74, 6) is -1.69. The number of ketones is 1. The maximum Gasteiger partial charge on any atom is 0.472 e. The molecule has 1 aliphatic carbocycles. The van der Waals surface area contributed by atoms with Gasteiger partial charge in [-0.1, -0.05) is 128 Å². The number of rotatable bonds is 38. The highest BCUT2D eigenvalue weighted by atomic mass is 31.2. The molecule has 0 aromatic heterocycles. The fourth-order valence-corrected chi connectivity index (χ4v) is 7.73. The van der Waals surface area contributed by atoms with Crippen molar-refractivity contribution in [1.82, 2.24) is 0 Å². The molecule has 1 unspecified atom stereocenters. The molecule has 5 N–H and O–H groups in total. The van der Waals surface area contributed by atoms with Crippen LogP contribution in [-0.4, -0.2) is 93.9 Å². The number of aliphatic hydroxyl groups excluding tert-OH is 4. The van der Waals surface area contributed by atoms with Gasteiger partial charge >= 0.3 is 19.8 Å². The topological polar surface area (TPSA) is 206 Å². The first-order valence-corrected chi connectivity index (χ1v) is 23.9. The molecule has 0 bridgehead atoms. The number of Topliss-reactive ketones (excluding diaryl/α,β-unsaturated/α-hetero) is 1. The Balaban J connectivity index is 2.44. The molecule has 0 radical (unpaired) electrons. The maximum absolute atomic E-state index is 12.7. The minimum Gasteiger partial charge on any atom is -0.462 e. The molecule has 7 atom stereocenters. The number of hydrogen-bond acceptors (Lipinski definition) is 12. The van der Waals surface area contributed by atoms with Gasteiger partial charge in [-0.25, -0.2) is 4.57 Å². The first-order chi connectivity index (χ1) is 27.9. The van der Waals surface area contributed by atoms with Gasteiger partial charge in [-0.3, -0.25) is 23.4 Å². The highest BCUT2D eigenvalue weighted by molar-refractivity contribution is 7.47. The van der Waals surface area contributed by atoms with Gasteiger partial charge in [-0.05, 0) is 51.4 Å². The van der Waals surface area contributed by atoms with Crippen molar-refractivity contribution < 1.29 is 62.8 Å². The van der Waals surface area contributed by atoms with Crippen LogP contribution in [0.15, 0.2) is 24.3 Å². The van der Waals surface area contributed by atoms with E-state index < -0.39 is 64.0 Å². The summed E-state index contributed by atoms with van der Waals surface area (Å²) >= 11 is 0. The smallest absolute Gasteiger partial charge is 0.462 e. The molecule has 338 valence electrons. The van der Waals surface area contributed by atoms with E-state index in [-0.39, 0.29) is 43.5 Å². The van der Waals surface area contributed by atoms with E-state index in [0.717, 1.165) is 64.2 Å². The summed E-state index contributed by atoms with van der Waals surface area (Å²) in [6.07, 6.45) is 26.1. The number of unbranched alkanes of at least 4 members (excludes halogenated alkanes) is 16. The summed E-state index contributed by atoms with van der Waals surface area (Å²) in [5.41, 5.74) is 0. The number of esters is 2. The quantitative estimate of drug-likeness (QED) is 0.0172. The van der Waals surface area contributed by atoms with Crippen LogP contribution in [0.1, 0.15) is 174 Å². The van der Waals surface area contributed by atoms with E-state index in [1.165, 1.54) is 44.9 Å². The number of phosphoric acid groups is 1. The lowest BCUT2D eigenvalue weighted by Crippen LogP contribution is -2.29. The summed E-state index contributed by atoms with van der Waals surface area (Å²) in [4.78, 5) is 47.8. The van der Waals surface area contributed by atoms with Crippen molar-refractivity contribution in [2.24, 2.45) is 11.8 Å². The highest BCUT2D eigenvalue weighted by Crippen LogP contribution is 2.43. The molecular formula is C44H79O13P. The minimum absolute atomic E-state index is 0.0237.